The van der Waals surface area contributed by atoms with Crippen molar-refractivity contribution in [1.29, 1.82) is 0 Å². The maximum Gasteiger partial charge on any atom is 0.333 e. The number of aliphatic carboxylic acids is 1. The van der Waals surface area contributed by atoms with E-state index in [-0.39, 0.29) is 13.0 Å². The summed E-state index contributed by atoms with van der Waals surface area (Å²) in [6.45, 7) is 2.21. The minimum atomic E-state index is -0.978. The van der Waals surface area contributed by atoms with Crippen molar-refractivity contribution in [3.8, 4) is 11.5 Å². The lowest BCUT2D eigenvalue weighted by Gasteiger charge is -2.15. The van der Waals surface area contributed by atoms with Crippen LogP contribution in [-0.2, 0) is 16.0 Å². The molecule has 6 nitrogen and oxygen atoms in total. The highest BCUT2D eigenvalue weighted by molar-refractivity contribution is 5.72. The van der Waals surface area contributed by atoms with E-state index in [0.717, 1.165) is 5.56 Å². The molecule has 0 saturated heterocycles. The Hall–Kier alpha value is -2.57. The summed E-state index contributed by atoms with van der Waals surface area (Å²) in [4.78, 5) is 11.1. The highest BCUT2D eigenvalue weighted by Crippen LogP contribution is 2.21. The van der Waals surface area contributed by atoms with E-state index >= 15 is 0 Å². The molecule has 6 heteroatoms. The molecule has 0 unspecified atom stereocenters. The highest BCUT2D eigenvalue weighted by Gasteiger charge is 2.18. The Kier molecular flexibility index (Phi) is 7.44. The minimum Gasteiger partial charge on any atom is -0.497 e. The van der Waals surface area contributed by atoms with Gasteiger partial charge in [-0.2, -0.15) is 0 Å². The van der Waals surface area contributed by atoms with Crippen molar-refractivity contribution in [3.63, 3.8) is 0 Å². The number of hydrogen-bond acceptors (Lipinski definition) is 5. The van der Waals surface area contributed by atoms with Crippen LogP contribution in [0.2, 0.25) is 0 Å². The van der Waals surface area contributed by atoms with E-state index in [1.54, 1.807) is 50.4 Å². The van der Waals surface area contributed by atoms with Gasteiger partial charge in [0.2, 0.25) is 0 Å². The van der Waals surface area contributed by atoms with Crippen LogP contribution in [0, 0.1) is 0 Å². The molecule has 2 aromatic carbocycles. The number of rotatable bonds is 10. The second-order valence-electron chi connectivity index (χ2n) is 5.73. The maximum absolute atomic E-state index is 11.1. The third kappa shape index (κ3) is 5.75. The van der Waals surface area contributed by atoms with Crippen LogP contribution in [-0.4, -0.2) is 42.6 Å². The normalized spacial score (nSPS) is 13.0. The van der Waals surface area contributed by atoms with E-state index in [1.165, 1.54) is 0 Å². The van der Waals surface area contributed by atoms with Gasteiger partial charge in [0.15, 0.2) is 6.10 Å². The molecule has 0 aliphatic rings. The van der Waals surface area contributed by atoms with E-state index in [2.05, 4.69) is 0 Å². The van der Waals surface area contributed by atoms with Crippen molar-refractivity contribution >= 4 is 5.97 Å². The number of aliphatic hydroxyl groups excluding tert-OH is 1. The first-order valence-electron chi connectivity index (χ1n) is 8.41. The smallest absolute Gasteiger partial charge is 0.333 e. The van der Waals surface area contributed by atoms with Crippen LogP contribution in [0.25, 0.3) is 0 Å². The van der Waals surface area contributed by atoms with Crippen molar-refractivity contribution < 1.29 is 29.2 Å². The standard InChI is InChI=1S/C20H24O6/c1-3-25-19(20(22)23)11-14-7-9-16(10-8-14)26-13-18(21)15-5-4-6-17(12-15)24-2/h4-10,12,18-19,21H,3,11,13H2,1-2H3,(H,22,23)/t18-,19-/m1/s1. The number of ether oxygens (including phenoxy) is 3. The van der Waals surface area contributed by atoms with Gasteiger partial charge in [0.05, 0.1) is 7.11 Å². The lowest BCUT2D eigenvalue weighted by atomic mass is 10.1. The minimum absolute atomic E-state index is 0.100. The fraction of sp³-hybridized carbons (Fsp3) is 0.350. The van der Waals surface area contributed by atoms with E-state index in [4.69, 9.17) is 19.3 Å². The van der Waals surface area contributed by atoms with Crippen LogP contribution < -0.4 is 9.47 Å². The van der Waals surface area contributed by atoms with Crippen LogP contribution in [0.3, 0.4) is 0 Å². The predicted octanol–water partition coefficient (Wildman–Crippen LogP) is 2.84. The molecule has 2 N–H and O–H groups in total. The van der Waals surface area contributed by atoms with Crippen LogP contribution in [0.1, 0.15) is 24.2 Å². The van der Waals surface area contributed by atoms with Gasteiger partial charge in [-0.3, -0.25) is 0 Å². The summed E-state index contributed by atoms with van der Waals surface area (Å²) >= 11 is 0. The molecule has 140 valence electrons. The Morgan fingerprint density at radius 3 is 2.46 bits per heavy atom. The Bertz CT molecular complexity index is 698. The monoisotopic (exact) mass is 360 g/mol. The third-order valence-corrected chi connectivity index (χ3v) is 3.87. The van der Waals surface area contributed by atoms with Crippen LogP contribution in [0.4, 0.5) is 0 Å². The van der Waals surface area contributed by atoms with E-state index in [0.29, 0.717) is 23.7 Å². The number of methoxy groups -OCH3 is 1. The summed E-state index contributed by atoms with van der Waals surface area (Å²) in [7, 11) is 1.57. The summed E-state index contributed by atoms with van der Waals surface area (Å²) in [6, 6.07) is 14.3. The SMILES string of the molecule is CCO[C@H](Cc1ccc(OC[C@@H](O)c2cccc(OC)c2)cc1)C(=O)O. The van der Waals surface area contributed by atoms with Gasteiger partial charge in [-0.15, -0.1) is 0 Å². The molecule has 0 aliphatic carbocycles. The second-order valence-corrected chi connectivity index (χ2v) is 5.73. The third-order valence-electron chi connectivity index (χ3n) is 3.87. The van der Waals surface area contributed by atoms with Gasteiger partial charge in [0.1, 0.15) is 24.2 Å². The van der Waals surface area contributed by atoms with Crippen LogP contribution >= 0.6 is 0 Å². The average molecular weight is 360 g/mol. The van der Waals surface area contributed by atoms with Gasteiger partial charge in [-0.25, -0.2) is 4.79 Å². The summed E-state index contributed by atoms with van der Waals surface area (Å²) in [5, 5.41) is 19.4. The number of carboxylic acids is 1. The molecular formula is C20H24O6. The molecule has 0 radical (unpaired) electrons. The van der Waals surface area contributed by atoms with Gasteiger partial charge in [-0.05, 0) is 42.3 Å². The Balaban J connectivity index is 1.91. The van der Waals surface area contributed by atoms with Gasteiger partial charge >= 0.3 is 5.97 Å². The zero-order valence-electron chi connectivity index (χ0n) is 14.9. The average Bonchev–Trinajstić information content (AvgIpc) is 2.66. The fourth-order valence-electron chi connectivity index (χ4n) is 2.47. The molecule has 0 aliphatic heterocycles. The van der Waals surface area contributed by atoms with Crippen molar-refractivity contribution in [2.45, 2.75) is 25.6 Å². The summed E-state index contributed by atoms with van der Waals surface area (Å²) in [5.41, 5.74) is 1.55. The molecule has 0 bridgehead atoms. The molecule has 0 amide bonds. The maximum atomic E-state index is 11.1. The first-order chi connectivity index (χ1) is 12.5. The van der Waals surface area contributed by atoms with Gasteiger partial charge in [0, 0.05) is 13.0 Å². The molecular weight excluding hydrogens is 336 g/mol. The molecule has 2 rings (SSSR count). The van der Waals surface area contributed by atoms with Gasteiger partial charge in [0.25, 0.3) is 0 Å². The number of benzene rings is 2. The second kappa shape index (κ2) is 9.79. The molecule has 0 saturated carbocycles. The lowest BCUT2D eigenvalue weighted by molar-refractivity contribution is -0.149. The summed E-state index contributed by atoms with van der Waals surface area (Å²) < 4.78 is 16.0. The van der Waals surface area contributed by atoms with Crippen LogP contribution in [0.15, 0.2) is 48.5 Å². The van der Waals surface area contributed by atoms with Crippen molar-refractivity contribution in [2.75, 3.05) is 20.3 Å². The summed E-state index contributed by atoms with van der Waals surface area (Å²) in [5.74, 6) is 0.292. The first-order valence-corrected chi connectivity index (χ1v) is 8.41. The topological polar surface area (TPSA) is 85.2 Å². The number of carbonyl (C=O) groups is 1. The van der Waals surface area contributed by atoms with Crippen LogP contribution in [0.5, 0.6) is 11.5 Å². The van der Waals surface area contributed by atoms with Crippen molar-refractivity contribution in [3.05, 3.63) is 59.7 Å². The highest BCUT2D eigenvalue weighted by atomic mass is 16.5. The quantitative estimate of drug-likeness (QED) is 0.678. The van der Waals surface area contributed by atoms with Crippen molar-refractivity contribution in [2.24, 2.45) is 0 Å². The molecule has 26 heavy (non-hydrogen) atoms. The number of hydrogen-bond donors (Lipinski definition) is 2. The summed E-state index contributed by atoms with van der Waals surface area (Å²) in [6.07, 6.45) is -1.35. The van der Waals surface area contributed by atoms with Crippen molar-refractivity contribution in [1.82, 2.24) is 0 Å². The Morgan fingerprint density at radius 2 is 1.85 bits per heavy atom. The van der Waals surface area contributed by atoms with E-state index in [1.807, 2.05) is 12.1 Å². The number of carboxylic acid groups (broad SMARTS) is 1. The molecule has 0 aromatic heterocycles. The molecule has 0 heterocycles. The Labute approximate surface area is 152 Å². The molecule has 0 spiro atoms. The molecule has 0 fully saturated rings. The fourth-order valence-corrected chi connectivity index (χ4v) is 2.47. The molecule has 2 aromatic rings. The van der Waals surface area contributed by atoms with Gasteiger partial charge in [-0.1, -0.05) is 24.3 Å². The lowest BCUT2D eigenvalue weighted by Crippen LogP contribution is -2.26. The predicted molar refractivity (Wildman–Crippen MR) is 96.6 cm³/mol. The largest absolute Gasteiger partial charge is 0.497 e. The molecule has 2 atom stereocenters. The zero-order chi connectivity index (χ0) is 18.9. The number of aliphatic hydroxyl groups is 1. The van der Waals surface area contributed by atoms with Gasteiger partial charge < -0.3 is 24.4 Å². The first kappa shape index (κ1) is 19.8. The Morgan fingerprint density at radius 1 is 1.12 bits per heavy atom. The zero-order valence-corrected chi connectivity index (χ0v) is 14.9. The van der Waals surface area contributed by atoms with E-state index < -0.39 is 18.2 Å². The van der Waals surface area contributed by atoms with E-state index in [9.17, 15) is 9.90 Å².